The summed E-state index contributed by atoms with van der Waals surface area (Å²) in [6, 6.07) is 11.5. The van der Waals surface area contributed by atoms with Crippen molar-refractivity contribution in [1.82, 2.24) is 4.90 Å². The van der Waals surface area contributed by atoms with Crippen LogP contribution in [-0.2, 0) is 0 Å². The molecule has 92 valence electrons. The van der Waals surface area contributed by atoms with Gasteiger partial charge in [0.25, 0.3) is 0 Å². The molecule has 1 aliphatic rings. The van der Waals surface area contributed by atoms with Crippen LogP contribution in [0.4, 0.5) is 0 Å². The highest BCUT2D eigenvalue weighted by Gasteiger charge is 2.14. The van der Waals surface area contributed by atoms with Gasteiger partial charge in [-0.2, -0.15) is 0 Å². The van der Waals surface area contributed by atoms with Crippen molar-refractivity contribution < 1.29 is 0 Å². The van der Waals surface area contributed by atoms with Crippen LogP contribution in [-0.4, -0.2) is 24.0 Å². The third-order valence-electron chi connectivity index (χ3n) is 3.82. The molecule has 1 aromatic rings. The molecule has 0 saturated carbocycles. The van der Waals surface area contributed by atoms with Crippen molar-refractivity contribution in [2.75, 3.05) is 13.1 Å². The molecule has 0 spiro atoms. The Hall–Kier alpha value is -1.08. The molecule has 0 aromatic heterocycles. The van der Waals surface area contributed by atoms with E-state index in [1.165, 1.54) is 36.9 Å². The van der Waals surface area contributed by atoms with Crippen LogP contribution in [0.25, 0.3) is 5.57 Å². The molecule has 0 bridgehead atoms. The van der Waals surface area contributed by atoms with E-state index in [-0.39, 0.29) is 0 Å². The molecule has 1 atom stereocenters. The second kappa shape index (κ2) is 6.02. The predicted octanol–water partition coefficient (Wildman–Crippen LogP) is 3.96. The molecule has 17 heavy (non-hydrogen) atoms. The summed E-state index contributed by atoms with van der Waals surface area (Å²) in [7, 11) is 0. The van der Waals surface area contributed by atoms with E-state index in [0.717, 1.165) is 6.54 Å². The van der Waals surface area contributed by atoms with Gasteiger partial charge in [-0.1, -0.05) is 43.3 Å². The van der Waals surface area contributed by atoms with Crippen LogP contribution in [0.1, 0.15) is 38.7 Å². The summed E-state index contributed by atoms with van der Waals surface area (Å²) < 4.78 is 0. The highest BCUT2D eigenvalue weighted by Crippen LogP contribution is 2.23. The van der Waals surface area contributed by atoms with Crippen molar-refractivity contribution in [3.63, 3.8) is 0 Å². The number of rotatable bonds is 3. The lowest BCUT2D eigenvalue weighted by Crippen LogP contribution is -2.32. The van der Waals surface area contributed by atoms with Crippen molar-refractivity contribution >= 4 is 5.57 Å². The lowest BCUT2D eigenvalue weighted by atomic mass is 10.0. The number of allylic oxidation sites excluding steroid dienone is 1. The first-order chi connectivity index (χ1) is 8.31. The van der Waals surface area contributed by atoms with Crippen LogP contribution in [0, 0.1) is 0 Å². The zero-order valence-electron chi connectivity index (χ0n) is 11.0. The molecule has 1 aromatic carbocycles. The van der Waals surface area contributed by atoms with Gasteiger partial charge < -0.3 is 0 Å². The summed E-state index contributed by atoms with van der Waals surface area (Å²) in [5.41, 5.74) is 2.93. The first-order valence-corrected chi connectivity index (χ1v) is 6.79. The summed E-state index contributed by atoms with van der Waals surface area (Å²) in [5.74, 6) is 0. The maximum Gasteiger partial charge on any atom is 0.0171 e. The quantitative estimate of drug-likeness (QED) is 0.758. The molecular weight excluding hydrogens is 206 g/mol. The van der Waals surface area contributed by atoms with Gasteiger partial charge in [-0.3, -0.25) is 4.90 Å². The Bertz CT molecular complexity index is 366. The van der Waals surface area contributed by atoms with Crippen molar-refractivity contribution in [2.24, 2.45) is 0 Å². The number of benzene rings is 1. The molecule has 0 aliphatic carbocycles. The maximum atomic E-state index is 2.59. The largest absolute Gasteiger partial charge is 0.297 e. The van der Waals surface area contributed by atoms with E-state index >= 15 is 0 Å². The third kappa shape index (κ3) is 3.19. The summed E-state index contributed by atoms with van der Waals surface area (Å²) >= 11 is 0. The van der Waals surface area contributed by atoms with Gasteiger partial charge in [0.1, 0.15) is 0 Å². The highest BCUT2D eigenvalue weighted by atomic mass is 15.1. The van der Waals surface area contributed by atoms with Gasteiger partial charge in [0.15, 0.2) is 0 Å². The molecular formula is C16H23N. The van der Waals surface area contributed by atoms with Crippen molar-refractivity contribution in [2.45, 2.75) is 39.2 Å². The minimum atomic E-state index is 0.710. The van der Waals surface area contributed by atoms with Gasteiger partial charge in [-0.25, -0.2) is 0 Å². The molecule has 0 saturated heterocycles. The van der Waals surface area contributed by atoms with E-state index in [2.05, 4.69) is 55.2 Å². The first kappa shape index (κ1) is 12.4. The topological polar surface area (TPSA) is 3.24 Å². The van der Waals surface area contributed by atoms with Crippen molar-refractivity contribution in [3.8, 4) is 0 Å². The number of nitrogens with zero attached hydrogens (tertiary/aromatic N) is 1. The van der Waals surface area contributed by atoms with Crippen LogP contribution in [0.15, 0.2) is 36.4 Å². The van der Waals surface area contributed by atoms with Crippen LogP contribution in [0.3, 0.4) is 0 Å². The second-order valence-corrected chi connectivity index (χ2v) is 4.95. The monoisotopic (exact) mass is 229 g/mol. The fourth-order valence-electron chi connectivity index (χ4n) is 2.47. The number of hydrogen-bond acceptors (Lipinski definition) is 1. The highest BCUT2D eigenvalue weighted by molar-refractivity contribution is 5.65. The van der Waals surface area contributed by atoms with Gasteiger partial charge in [0.05, 0.1) is 0 Å². The Morgan fingerprint density at radius 1 is 1.24 bits per heavy atom. The smallest absolute Gasteiger partial charge is 0.0171 e. The first-order valence-electron chi connectivity index (χ1n) is 6.79. The lowest BCUT2D eigenvalue weighted by Gasteiger charge is -2.25. The van der Waals surface area contributed by atoms with Gasteiger partial charge >= 0.3 is 0 Å². The fourth-order valence-corrected chi connectivity index (χ4v) is 2.47. The van der Waals surface area contributed by atoms with Gasteiger partial charge in [-0.05, 0) is 43.9 Å². The SMILES string of the molecule is CCC(C)N1CC=C(c2ccccc2)CCC1. The maximum absolute atomic E-state index is 2.59. The average Bonchev–Trinajstić information content (AvgIpc) is 2.64. The molecule has 1 unspecified atom stereocenters. The minimum absolute atomic E-state index is 0.710. The van der Waals surface area contributed by atoms with Crippen molar-refractivity contribution in [3.05, 3.63) is 42.0 Å². The van der Waals surface area contributed by atoms with Crippen LogP contribution >= 0.6 is 0 Å². The van der Waals surface area contributed by atoms with E-state index in [4.69, 9.17) is 0 Å². The number of hydrogen-bond donors (Lipinski definition) is 0. The molecule has 1 nitrogen and oxygen atoms in total. The Balaban J connectivity index is 2.08. The zero-order valence-corrected chi connectivity index (χ0v) is 11.0. The normalized spacial score (nSPS) is 19.5. The Kier molecular flexibility index (Phi) is 4.38. The molecule has 0 N–H and O–H groups in total. The molecule has 2 rings (SSSR count). The lowest BCUT2D eigenvalue weighted by molar-refractivity contribution is 0.228. The average molecular weight is 229 g/mol. The van der Waals surface area contributed by atoms with E-state index in [0.29, 0.717) is 6.04 Å². The standard InChI is InChI=1S/C16H23N/c1-3-14(2)17-12-7-10-16(11-13-17)15-8-5-4-6-9-15/h4-6,8-9,11,14H,3,7,10,12-13H2,1-2H3. The molecule has 0 amide bonds. The summed E-state index contributed by atoms with van der Waals surface area (Å²) in [4.78, 5) is 2.59. The summed E-state index contributed by atoms with van der Waals surface area (Å²) in [6.07, 6.45) is 6.17. The van der Waals surface area contributed by atoms with E-state index in [1.54, 1.807) is 0 Å². The van der Waals surface area contributed by atoms with Gasteiger partial charge in [0.2, 0.25) is 0 Å². The van der Waals surface area contributed by atoms with Gasteiger partial charge in [-0.15, -0.1) is 0 Å². The zero-order chi connectivity index (χ0) is 12.1. The van der Waals surface area contributed by atoms with E-state index in [9.17, 15) is 0 Å². The predicted molar refractivity (Wildman–Crippen MR) is 75.0 cm³/mol. The van der Waals surface area contributed by atoms with Crippen LogP contribution in [0.5, 0.6) is 0 Å². The minimum Gasteiger partial charge on any atom is -0.297 e. The molecule has 1 heterocycles. The summed E-state index contributed by atoms with van der Waals surface area (Å²) in [5, 5.41) is 0. The second-order valence-electron chi connectivity index (χ2n) is 4.95. The van der Waals surface area contributed by atoms with Crippen LogP contribution < -0.4 is 0 Å². The molecule has 1 aliphatic heterocycles. The Labute approximate surface area is 105 Å². The van der Waals surface area contributed by atoms with E-state index < -0.39 is 0 Å². The fraction of sp³-hybridized carbons (Fsp3) is 0.500. The van der Waals surface area contributed by atoms with Crippen molar-refractivity contribution in [1.29, 1.82) is 0 Å². The molecule has 1 heteroatoms. The third-order valence-corrected chi connectivity index (χ3v) is 3.82. The van der Waals surface area contributed by atoms with Crippen LogP contribution in [0.2, 0.25) is 0 Å². The molecule has 0 fully saturated rings. The van der Waals surface area contributed by atoms with E-state index in [1.807, 2.05) is 0 Å². The Morgan fingerprint density at radius 2 is 2.00 bits per heavy atom. The van der Waals surface area contributed by atoms with Gasteiger partial charge in [0, 0.05) is 12.6 Å². The summed E-state index contributed by atoms with van der Waals surface area (Å²) in [6.45, 7) is 6.96. The molecule has 0 radical (unpaired) electrons. The Morgan fingerprint density at radius 3 is 2.71 bits per heavy atom.